The summed E-state index contributed by atoms with van der Waals surface area (Å²) in [7, 11) is 0. The van der Waals surface area contributed by atoms with Gasteiger partial charge in [-0.25, -0.2) is 0 Å². The molecule has 1 aromatic carbocycles. The van der Waals surface area contributed by atoms with E-state index in [1.54, 1.807) is 0 Å². The van der Waals surface area contributed by atoms with E-state index in [0.29, 0.717) is 13.1 Å². The summed E-state index contributed by atoms with van der Waals surface area (Å²) >= 11 is 3.46. The molecular weight excluding hydrogens is 344 g/mol. The third-order valence-corrected chi connectivity index (χ3v) is 4.11. The normalized spacial score (nSPS) is 14.0. The van der Waals surface area contributed by atoms with Gasteiger partial charge in [-0.15, -0.1) is 0 Å². The van der Waals surface area contributed by atoms with E-state index < -0.39 is 0 Å². The number of hydrogen-bond acceptors (Lipinski definition) is 3. The molecule has 2 N–H and O–H groups in total. The molecule has 0 bridgehead atoms. The van der Waals surface area contributed by atoms with Crippen LogP contribution in [0.3, 0.4) is 0 Å². The van der Waals surface area contributed by atoms with Crippen molar-refractivity contribution in [2.45, 2.75) is 19.4 Å². The van der Waals surface area contributed by atoms with Gasteiger partial charge >= 0.3 is 0 Å². The number of carbonyl (C=O) groups excluding carboxylic acids is 1. The second kappa shape index (κ2) is 7.11. The lowest BCUT2D eigenvalue weighted by molar-refractivity contribution is -0.122. The minimum Gasteiger partial charge on any atom is -0.460 e. The Hall–Kier alpha value is -1.59. The van der Waals surface area contributed by atoms with Gasteiger partial charge in [-0.2, -0.15) is 0 Å². The van der Waals surface area contributed by atoms with Gasteiger partial charge < -0.3 is 15.1 Å². The summed E-state index contributed by atoms with van der Waals surface area (Å²) in [6.07, 6.45) is 2.09. The van der Waals surface area contributed by atoms with Gasteiger partial charge in [-0.3, -0.25) is 4.79 Å². The van der Waals surface area contributed by atoms with E-state index in [2.05, 4.69) is 26.6 Å². The van der Waals surface area contributed by atoms with Gasteiger partial charge in [-0.1, -0.05) is 28.1 Å². The predicted molar refractivity (Wildman–Crippen MR) is 89.3 cm³/mol. The van der Waals surface area contributed by atoms with E-state index in [1.165, 1.54) is 0 Å². The smallest absolute Gasteiger partial charge is 0.223 e. The van der Waals surface area contributed by atoms with Crippen LogP contribution in [0.25, 0.3) is 11.3 Å². The molecule has 2 aromatic rings. The molecule has 4 nitrogen and oxygen atoms in total. The number of nitrogens with one attached hydrogen (secondary N) is 2. The van der Waals surface area contributed by atoms with Crippen molar-refractivity contribution in [2.24, 2.45) is 5.92 Å². The number of benzene rings is 1. The van der Waals surface area contributed by atoms with Gasteiger partial charge in [0.25, 0.3) is 0 Å². The van der Waals surface area contributed by atoms with Crippen LogP contribution in [0.4, 0.5) is 0 Å². The van der Waals surface area contributed by atoms with Crippen molar-refractivity contribution in [3.8, 4) is 11.3 Å². The maximum absolute atomic E-state index is 11.5. The molecule has 3 rings (SSSR count). The lowest BCUT2D eigenvalue weighted by Gasteiger charge is -2.05. The Morgan fingerprint density at radius 2 is 2.09 bits per heavy atom. The Morgan fingerprint density at radius 3 is 2.86 bits per heavy atom. The van der Waals surface area contributed by atoms with Crippen molar-refractivity contribution >= 4 is 21.8 Å². The van der Waals surface area contributed by atoms with E-state index in [4.69, 9.17) is 4.42 Å². The first-order valence-corrected chi connectivity index (χ1v) is 8.35. The van der Waals surface area contributed by atoms with Crippen LogP contribution in [-0.4, -0.2) is 19.0 Å². The first-order chi connectivity index (χ1) is 10.7. The zero-order valence-corrected chi connectivity index (χ0v) is 13.9. The van der Waals surface area contributed by atoms with Crippen molar-refractivity contribution in [1.82, 2.24) is 10.6 Å². The highest BCUT2D eigenvalue weighted by Gasteiger charge is 2.28. The number of furan rings is 1. The molecule has 1 heterocycles. The largest absolute Gasteiger partial charge is 0.460 e. The summed E-state index contributed by atoms with van der Waals surface area (Å²) < 4.78 is 6.86. The van der Waals surface area contributed by atoms with Crippen LogP contribution < -0.4 is 10.6 Å². The van der Waals surface area contributed by atoms with Gasteiger partial charge in [0.05, 0.1) is 6.54 Å². The monoisotopic (exact) mass is 362 g/mol. The molecule has 116 valence electrons. The zero-order valence-electron chi connectivity index (χ0n) is 12.3. The second-order valence-electron chi connectivity index (χ2n) is 5.52. The number of hydrogen-bond donors (Lipinski definition) is 2. The Bertz CT molecular complexity index is 650. The van der Waals surface area contributed by atoms with Crippen LogP contribution in [0.2, 0.25) is 0 Å². The summed E-state index contributed by atoms with van der Waals surface area (Å²) in [5.41, 5.74) is 1.05. The molecule has 1 amide bonds. The van der Waals surface area contributed by atoms with Crippen molar-refractivity contribution in [2.75, 3.05) is 13.1 Å². The molecule has 22 heavy (non-hydrogen) atoms. The van der Waals surface area contributed by atoms with Crippen molar-refractivity contribution in [1.29, 1.82) is 0 Å². The first-order valence-electron chi connectivity index (χ1n) is 7.55. The van der Waals surface area contributed by atoms with E-state index in [0.717, 1.165) is 40.9 Å². The molecule has 1 aliphatic carbocycles. The summed E-state index contributed by atoms with van der Waals surface area (Å²) in [6, 6.07) is 12.0. The van der Waals surface area contributed by atoms with Crippen LogP contribution in [0.1, 0.15) is 18.6 Å². The van der Waals surface area contributed by atoms with E-state index >= 15 is 0 Å². The SMILES string of the molecule is O=C(NCCNCc1ccc(-c2cccc(Br)c2)o1)C1CC1. The highest BCUT2D eigenvalue weighted by atomic mass is 79.9. The minimum atomic E-state index is 0.191. The third-order valence-electron chi connectivity index (χ3n) is 3.62. The molecular formula is C17H19BrN2O2. The Balaban J connectivity index is 1.42. The Morgan fingerprint density at radius 1 is 1.23 bits per heavy atom. The Labute approximate surface area is 138 Å². The number of halogens is 1. The molecule has 1 fully saturated rings. The van der Waals surface area contributed by atoms with Gasteiger partial charge in [0.1, 0.15) is 11.5 Å². The van der Waals surface area contributed by atoms with Crippen molar-refractivity contribution in [3.05, 3.63) is 46.6 Å². The topological polar surface area (TPSA) is 54.3 Å². The quantitative estimate of drug-likeness (QED) is 0.742. The van der Waals surface area contributed by atoms with E-state index in [1.807, 2.05) is 36.4 Å². The average molecular weight is 363 g/mol. The molecule has 0 saturated heterocycles. The predicted octanol–water partition coefficient (Wildman–Crippen LogP) is 3.32. The summed E-state index contributed by atoms with van der Waals surface area (Å²) in [4.78, 5) is 11.5. The molecule has 1 aromatic heterocycles. The summed E-state index contributed by atoms with van der Waals surface area (Å²) in [6.45, 7) is 2.06. The van der Waals surface area contributed by atoms with Crippen LogP contribution in [0.15, 0.2) is 45.3 Å². The van der Waals surface area contributed by atoms with Gasteiger partial charge in [0, 0.05) is 29.0 Å². The summed E-state index contributed by atoms with van der Waals surface area (Å²) in [5.74, 6) is 2.22. The highest BCUT2D eigenvalue weighted by molar-refractivity contribution is 9.10. The number of amides is 1. The average Bonchev–Trinajstić information content (AvgIpc) is 3.26. The maximum atomic E-state index is 11.5. The summed E-state index contributed by atoms with van der Waals surface area (Å²) in [5, 5.41) is 6.21. The van der Waals surface area contributed by atoms with E-state index in [-0.39, 0.29) is 11.8 Å². The highest BCUT2D eigenvalue weighted by Crippen LogP contribution is 2.28. The fourth-order valence-electron chi connectivity index (χ4n) is 2.25. The zero-order chi connectivity index (χ0) is 15.4. The second-order valence-corrected chi connectivity index (χ2v) is 6.43. The van der Waals surface area contributed by atoms with Crippen LogP contribution in [0, 0.1) is 5.92 Å². The molecule has 1 aliphatic rings. The first kappa shape index (κ1) is 15.3. The molecule has 0 unspecified atom stereocenters. The lowest BCUT2D eigenvalue weighted by atomic mass is 10.2. The Kier molecular flexibility index (Phi) is 4.95. The van der Waals surface area contributed by atoms with Gasteiger partial charge in [-0.05, 0) is 37.1 Å². The van der Waals surface area contributed by atoms with E-state index in [9.17, 15) is 4.79 Å². The lowest BCUT2D eigenvalue weighted by Crippen LogP contribution is -2.32. The van der Waals surface area contributed by atoms with Crippen molar-refractivity contribution < 1.29 is 9.21 Å². The third kappa shape index (κ3) is 4.21. The minimum absolute atomic E-state index is 0.191. The molecule has 5 heteroatoms. The molecule has 0 radical (unpaired) electrons. The number of carbonyl (C=O) groups is 1. The number of rotatable bonds is 7. The van der Waals surface area contributed by atoms with Gasteiger partial charge in [0.2, 0.25) is 5.91 Å². The fourth-order valence-corrected chi connectivity index (χ4v) is 2.64. The standard InChI is InChI=1S/C17H19BrN2O2/c18-14-3-1-2-13(10-14)16-7-6-15(22-16)11-19-8-9-20-17(21)12-4-5-12/h1-3,6-7,10,12,19H,4-5,8-9,11H2,(H,20,21). The molecule has 1 saturated carbocycles. The van der Waals surface area contributed by atoms with Gasteiger partial charge in [0.15, 0.2) is 0 Å². The van der Waals surface area contributed by atoms with Crippen molar-refractivity contribution in [3.63, 3.8) is 0 Å². The molecule has 0 aliphatic heterocycles. The van der Waals surface area contributed by atoms with Crippen LogP contribution in [-0.2, 0) is 11.3 Å². The van der Waals surface area contributed by atoms with Crippen LogP contribution in [0.5, 0.6) is 0 Å². The maximum Gasteiger partial charge on any atom is 0.223 e. The molecule has 0 spiro atoms. The van der Waals surface area contributed by atoms with Crippen LogP contribution >= 0.6 is 15.9 Å². The molecule has 0 atom stereocenters. The fraction of sp³-hybridized carbons (Fsp3) is 0.353.